The van der Waals surface area contributed by atoms with Crippen LogP contribution in [0.4, 0.5) is 0 Å². The highest BCUT2D eigenvalue weighted by atomic mass is 16.5. The van der Waals surface area contributed by atoms with Gasteiger partial charge >= 0.3 is 0 Å². The molecule has 0 aromatic heterocycles. The monoisotopic (exact) mass is 291 g/mol. The first kappa shape index (κ1) is 16.0. The highest BCUT2D eigenvalue weighted by molar-refractivity contribution is 5.94. The first-order chi connectivity index (χ1) is 10.1. The van der Waals surface area contributed by atoms with Crippen molar-refractivity contribution in [2.75, 3.05) is 32.9 Å². The summed E-state index contributed by atoms with van der Waals surface area (Å²) in [6.07, 6.45) is 0. The number of ether oxygens (including phenoxy) is 2. The number of benzene rings is 1. The minimum absolute atomic E-state index is 0.0913. The molecule has 1 aliphatic rings. The second-order valence-electron chi connectivity index (χ2n) is 5.97. The molecule has 1 fully saturated rings. The van der Waals surface area contributed by atoms with Gasteiger partial charge in [0.25, 0.3) is 0 Å². The maximum Gasteiger partial charge on any atom is 0.159 e. The fourth-order valence-corrected chi connectivity index (χ4v) is 2.32. The molecule has 0 N–H and O–H groups in total. The summed E-state index contributed by atoms with van der Waals surface area (Å²) < 4.78 is 11.3. The summed E-state index contributed by atoms with van der Waals surface area (Å²) in [5.74, 6) is 1.46. The van der Waals surface area contributed by atoms with Crippen molar-refractivity contribution < 1.29 is 14.3 Å². The van der Waals surface area contributed by atoms with E-state index in [1.807, 2.05) is 18.2 Å². The summed E-state index contributed by atoms with van der Waals surface area (Å²) in [4.78, 5) is 13.9. The Balaban J connectivity index is 2.15. The van der Waals surface area contributed by atoms with Crippen LogP contribution < -0.4 is 4.74 Å². The number of hydrogen-bond donors (Lipinski definition) is 0. The van der Waals surface area contributed by atoms with Gasteiger partial charge in [-0.05, 0) is 31.0 Å². The van der Waals surface area contributed by atoms with Gasteiger partial charge in [0.1, 0.15) is 5.75 Å². The Labute approximate surface area is 127 Å². The second-order valence-corrected chi connectivity index (χ2v) is 5.97. The summed E-state index contributed by atoms with van der Waals surface area (Å²) in [5, 5.41) is 0. The van der Waals surface area contributed by atoms with E-state index in [0.29, 0.717) is 12.5 Å². The maximum atomic E-state index is 11.6. The van der Waals surface area contributed by atoms with E-state index in [1.165, 1.54) is 0 Å². The van der Waals surface area contributed by atoms with E-state index in [0.717, 1.165) is 49.7 Å². The lowest BCUT2D eigenvalue weighted by Crippen LogP contribution is -2.35. The average molecular weight is 291 g/mol. The van der Waals surface area contributed by atoms with Crippen molar-refractivity contribution in [3.63, 3.8) is 0 Å². The summed E-state index contributed by atoms with van der Waals surface area (Å²) in [7, 11) is 0. The van der Waals surface area contributed by atoms with Gasteiger partial charge in [-0.1, -0.05) is 13.8 Å². The predicted octanol–water partition coefficient (Wildman–Crippen LogP) is 2.76. The van der Waals surface area contributed by atoms with Gasteiger partial charge in [-0.2, -0.15) is 0 Å². The molecule has 1 aromatic rings. The minimum atomic E-state index is 0.0913. The molecule has 1 aromatic carbocycles. The number of carbonyl (C=O) groups excluding carboxylic acids is 1. The van der Waals surface area contributed by atoms with Crippen LogP contribution in [0.3, 0.4) is 0 Å². The first-order valence-corrected chi connectivity index (χ1v) is 7.63. The maximum absolute atomic E-state index is 11.6. The third-order valence-corrected chi connectivity index (χ3v) is 3.54. The Morgan fingerprint density at radius 1 is 1.33 bits per heavy atom. The van der Waals surface area contributed by atoms with Crippen LogP contribution in [-0.2, 0) is 11.3 Å². The van der Waals surface area contributed by atoms with Crippen LogP contribution in [-0.4, -0.2) is 43.6 Å². The number of morpholine rings is 1. The van der Waals surface area contributed by atoms with Crippen molar-refractivity contribution in [1.82, 2.24) is 4.90 Å². The Kier molecular flexibility index (Phi) is 5.76. The number of ketones is 1. The van der Waals surface area contributed by atoms with Gasteiger partial charge in [-0.25, -0.2) is 0 Å². The summed E-state index contributed by atoms with van der Waals surface area (Å²) in [5.41, 5.74) is 1.83. The molecule has 0 radical (unpaired) electrons. The van der Waals surface area contributed by atoms with Crippen molar-refractivity contribution in [2.45, 2.75) is 27.3 Å². The zero-order chi connectivity index (χ0) is 15.2. The Morgan fingerprint density at radius 2 is 2.05 bits per heavy atom. The van der Waals surface area contributed by atoms with E-state index in [-0.39, 0.29) is 5.78 Å². The highest BCUT2D eigenvalue weighted by Gasteiger charge is 2.15. The van der Waals surface area contributed by atoms with E-state index < -0.39 is 0 Å². The molecular weight excluding hydrogens is 266 g/mol. The van der Waals surface area contributed by atoms with Crippen molar-refractivity contribution in [3.05, 3.63) is 29.3 Å². The van der Waals surface area contributed by atoms with Gasteiger partial charge < -0.3 is 9.47 Å². The van der Waals surface area contributed by atoms with Gasteiger partial charge in [-0.3, -0.25) is 9.69 Å². The van der Waals surface area contributed by atoms with Gasteiger partial charge in [-0.15, -0.1) is 0 Å². The lowest BCUT2D eigenvalue weighted by molar-refractivity contribution is 0.0337. The number of rotatable bonds is 6. The summed E-state index contributed by atoms with van der Waals surface area (Å²) in [6, 6.07) is 5.74. The van der Waals surface area contributed by atoms with Crippen molar-refractivity contribution in [3.8, 4) is 5.75 Å². The van der Waals surface area contributed by atoms with Crippen LogP contribution in [0, 0.1) is 5.92 Å². The number of Topliss-reactive ketones (excluding diaryl/α,β-unsaturated/α-hetero) is 1. The van der Waals surface area contributed by atoms with Crippen LogP contribution in [0.15, 0.2) is 18.2 Å². The molecule has 21 heavy (non-hydrogen) atoms. The molecule has 4 nitrogen and oxygen atoms in total. The van der Waals surface area contributed by atoms with Crippen LogP contribution in [0.5, 0.6) is 5.75 Å². The molecular formula is C17H25NO3. The third kappa shape index (κ3) is 4.83. The quantitative estimate of drug-likeness (QED) is 0.756. The average Bonchev–Trinajstić information content (AvgIpc) is 2.46. The fraction of sp³-hybridized carbons (Fsp3) is 0.588. The fourth-order valence-electron chi connectivity index (χ4n) is 2.32. The Hall–Kier alpha value is -1.39. The van der Waals surface area contributed by atoms with E-state index in [1.54, 1.807) is 6.92 Å². The SMILES string of the molecule is CC(=O)c1ccc(OCC(C)C)c(CN2CCOCC2)c1. The molecule has 1 heterocycles. The second kappa shape index (κ2) is 7.57. The van der Waals surface area contributed by atoms with Gasteiger partial charge in [0.2, 0.25) is 0 Å². The molecule has 0 atom stereocenters. The molecule has 116 valence electrons. The zero-order valence-corrected chi connectivity index (χ0v) is 13.2. The van der Waals surface area contributed by atoms with Gasteiger partial charge in [0.15, 0.2) is 5.78 Å². The first-order valence-electron chi connectivity index (χ1n) is 7.63. The number of nitrogens with zero attached hydrogens (tertiary/aromatic N) is 1. The molecule has 0 saturated carbocycles. The standard InChI is InChI=1S/C17H25NO3/c1-13(2)12-21-17-5-4-15(14(3)19)10-16(17)11-18-6-8-20-9-7-18/h4-5,10,13H,6-9,11-12H2,1-3H3. The van der Waals surface area contributed by atoms with Crippen LogP contribution in [0.25, 0.3) is 0 Å². The molecule has 1 saturated heterocycles. The normalized spacial score (nSPS) is 16.2. The largest absolute Gasteiger partial charge is 0.493 e. The van der Waals surface area contributed by atoms with Crippen molar-refractivity contribution in [2.24, 2.45) is 5.92 Å². The third-order valence-electron chi connectivity index (χ3n) is 3.54. The molecule has 0 spiro atoms. The summed E-state index contributed by atoms with van der Waals surface area (Å²) in [6.45, 7) is 10.7. The van der Waals surface area contributed by atoms with Crippen LogP contribution in [0.1, 0.15) is 36.7 Å². The smallest absolute Gasteiger partial charge is 0.159 e. The lowest BCUT2D eigenvalue weighted by Gasteiger charge is -2.27. The van der Waals surface area contributed by atoms with E-state index in [2.05, 4.69) is 18.7 Å². The zero-order valence-electron chi connectivity index (χ0n) is 13.2. The number of hydrogen-bond acceptors (Lipinski definition) is 4. The molecule has 0 amide bonds. The molecule has 1 aliphatic heterocycles. The van der Waals surface area contributed by atoms with Crippen LogP contribution >= 0.6 is 0 Å². The highest BCUT2D eigenvalue weighted by Crippen LogP contribution is 2.23. The van der Waals surface area contributed by atoms with Crippen LogP contribution in [0.2, 0.25) is 0 Å². The van der Waals surface area contributed by atoms with E-state index in [9.17, 15) is 4.79 Å². The molecule has 0 bridgehead atoms. The lowest BCUT2D eigenvalue weighted by atomic mass is 10.1. The van der Waals surface area contributed by atoms with Gasteiger partial charge in [0, 0.05) is 30.8 Å². The number of carbonyl (C=O) groups is 1. The van der Waals surface area contributed by atoms with E-state index >= 15 is 0 Å². The molecule has 0 aliphatic carbocycles. The Bertz CT molecular complexity index is 479. The molecule has 2 rings (SSSR count). The predicted molar refractivity (Wildman–Crippen MR) is 82.9 cm³/mol. The van der Waals surface area contributed by atoms with Gasteiger partial charge in [0.05, 0.1) is 19.8 Å². The van der Waals surface area contributed by atoms with Crippen molar-refractivity contribution >= 4 is 5.78 Å². The molecule has 4 heteroatoms. The van der Waals surface area contributed by atoms with Crippen molar-refractivity contribution in [1.29, 1.82) is 0 Å². The minimum Gasteiger partial charge on any atom is -0.493 e. The topological polar surface area (TPSA) is 38.8 Å². The van der Waals surface area contributed by atoms with E-state index in [4.69, 9.17) is 9.47 Å². The molecule has 0 unspecified atom stereocenters. The Morgan fingerprint density at radius 3 is 2.67 bits per heavy atom. The summed E-state index contributed by atoms with van der Waals surface area (Å²) >= 11 is 0.